The monoisotopic (exact) mass is 586 g/mol. The summed E-state index contributed by atoms with van der Waals surface area (Å²) >= 11 is 4.02. The summed E-state index contributed by atoms with van der Waals surface area (Å²) in [5, 5.41) is 3.50. The number of rotatable bonds is 2. The van der Waals surface area contributed by atoms with Crippen LogP contribution in [0.5, 0.6) is 0 Å². The highest BCUT2D eigenvalue weighted by atomic mass is 79.9. The lowest BCUT2D eigenvalue weighted by Crippen LogP contribution is -2.54. The summed E-state index contributed by atoms with van der Waals surface area (Å²) in [5.74, 6) is -1.67. The Balaban J connectivity index is 1.93. The first kappa shape index (κ1) is 25.2. The van der Waals surface area contributed by atoms with E-state index in [-0.39, 0.29) is 43.9 Å². The van der Waals surface area contributed by atoms with Crippen molar-refractivity contribution in [3.63, 3.8) is 0 Å². The molecule has 2 aromatic carbocycles. The van der Waals surface area contributed by atoms with Crippen LogP contribution in [0.25, 0.3) is 28.2 Å². The van der Waals surface area contributed by atoms with Gasteiger partial charge in [-0.15, -0.1) is 11.8 Å². The van der Waals surface area contributed by atoms with Gasteiger partial charge in [0.2, 0.25) is 0 Å². The minimum absolute atomic E-state index is 0.0180. The van der Waals surface area contributed by atoms with Gasteiger partial charge >= 0.3 is 11.9 Å². The van der Waals surface area contributed by atoms with Crippen molar-refractivity contribution in [3.05, 3.63) is 56.4 Å². The zero-order chi connectivity index (χ0) is 25.9. The molecule has 2 aliphatic heterocycles. The van der Waals surface area contributed by atoms with Crippen LogP contribution in [-0.2, 0) is 6.18 Å². The standard InChI is InChI=1S/C24H20BrF5N4OS/c1-11-9-33(10-12(2)31-11)22-14-6-15(24(28,29)30)19(13-7-16(25)18(27)8-17(13)26)21-20(14)34(23(35)32-22)4-3-5-36-21/h3-4,6-8,11-12,31H,5,9-10H2,1-2H3. The molecule has 5 nitrogen and oxygen atoms in total. The maximum absolute atomic E-state index is 15.0. The van der Waals surface area contributed by atoms with Gasteiger partial charge in [-0.05, 0) is 41.9 Å². The summed E-state index contributed by atoms with van der Waals surface area (Å²) in [4.78, 5) is 19.2. The molecule has 0 amide bonds. The Bertz CT molecular complexity index is 1460. The Hall–Kier alpha value is -2.44. The second-order valence-corrected chi connectivity index (χ2v) is 10.8. The van der Waals surface area contributed by atoms with Crippen molar-refractivity contribution < 1.29 is 22.0 Å². The Morgan fingerprint density at radius 1 is 1.11 bits per heavy atom. The van der Waals surface area contributed by atoms with Crippen LogP contribution < -0.4 is 15.9 Å². The number of thioether (sulfide) groups is 1. The first-order valence-electron chi connectivity index (χ1n) is 11.1. The van der Waals surface area contributed by atoms with Gasteiger partial charge in [0.25, 0.3) is 0 Å². The molecule has 5 rings (SSSR count). The molecule has 1 fully saturated rings. The second kappa shape index (κ2) is 9.14. The third kappa shape index (κ3) is 4.32. The molecule has 0 radical (unpaired) electrons. The van der Waals surface area contributed by atoms with Crippen molar-refractivity contribution in [1.29, 1.82) is 0 Å². The van der Waals surface area contributed by atoms with Crippen molar-refractivity contribution in [2.75, 3.05) is 23.7 Å². The molecule has 3 aromatic rings. The van der Waals surface area contributed by atoms with Gasteiger partial charge in [0.15, 0.2) is 0 Å². The lowest BCUT2D eigenvalue weighted by molar-refractivity contribution is -0.137. The van der Waals surface area contributed by atoms with E-state index in [0.717, 1.165) is 23.9 Å². The first-order chi connectivity index (χ1) is 17.0. The van der Waals surface area contributed by atoms with Gasteiger partial charge in [-0.25, -0.2) is 13.6 Å². The van der Waals surface area contributed by atoms with Gasteiger partial charge in [-0.3, -0.25) is 4.57 Å². The van der Waals surface area contributed by atoms with Gasteiger partial charge in [-0.1, -0.05) is 6.08 Å². The van der Waals surface area contributed by atoms with E-state index >= 15 is 4.39 Å². The molecule has 0 spiro atoms. The molecule has 0 bridgehead atoms. The summed E-state index contributed by atoms with van der Waals surface area (Å²) in [6.45, 7) is 4.77. The van der Waals surface area contributed by atoms with Crippen molar-refractivity contribution in [2.24, 2.45) is 0 Å². The minimum atomic E-state index is -4.87. The van der Waals surface area contributed by atoms with E-state index < -0.39 is 40.2 Å². The highest BCUT2D eigenvalue weighted by Gasteiger charge is 2.39. The normalized spacial score (nSPS) is 20.2. The molecule has 0 aliphatic carbocycles. The number of hydrogen-bond donors (Lipinski definition) is 1. The van der Waals surface area contributed by atoms with Crippen LogP contribution in [0, 0.1) is 11.6 Å². The largest absolute Gasteiger partial charge is 0.417 e. The fraction of sp³-hybridized carbons (Fsp3) is 0.333. The number of benzene rings is 2. The first-order valence-corrected chi connectivity index (χ1v) is 12.9. The summed E-state index contributed by atoms with van der Waals surface area (Å²) in [7, 11) is 0. The van der Waals surface area contributed by atoms with Gasteiger partial charge in [0.1, 0.15) is 17.5 Å². The highest BCUT2D eigenvalue weighted by molar-refractivity contribution is 9.10. The summed E-state index contributed by atoms with van der Waals surface area (Å²) in [6, 6.07) is 2.51. The van der Waals surface area contributed by atoms with Crippen LogP contribution in [-0.4, -0.2) is 40.5 Å². The number of alkyl halides is 3. The third-order valence-corrected chi connectivity index (χ3v) is 7.82. The number of hydrogen-bond acceptors (Lipinski definition) is 5. The highest BCUT2D eigenvalue weighted by Crippen LogP contribution is 2.49. The molecule has 36 heavy (non-hydrogen) atoms. The zero-order valence-corrected chi connectivity index (χ0v) is 21.5. The zero-order valence-electron chi connectivity index (χ0n) is 19.1. The smallest absolute Gasteiger partial charge is 0.353 e. The van der Waals surface area contributed by atoms with E-state index in [1.165, 1.54) is 10.8 Å². The number of piperazine rings is 1. The van der Waals surface area contributed by atoms with E-state index in [9.17, 15) is 22.4 Å². The fourth-order valence-corrected chi connectivity index (χ4v) is 6.26. The third-order valence-electron chi connectivity index (χ3n) is 6.16. The molecule has 0 saturated carbocycles. The molecule has 1 saturated heterocycles. The Kier molecular flexibility index (Phi) is 6.40. The summed E-state index contributed by atoms with van der Waals surface area (Å²) in [6.07, 6.45) is -1.76. The Morgan fingerprint density at radius 2 is 1.81 bits per heavy atom. The summed E-state index contributed by atoms with van der Waals surface area (Å²) in [5.41, 5.74) is -2.37. The van der Waals surface area contributed by atoms with Crippen molar-refractivity contribution >= 4 is 50.6 Å². The quantitative estimate of drug-likeness (QED) is 0.300. The molecule has 12 heteroatoms. The maximum atomic E-state index is 15.0. The van der Waals surface area contributed by atoms with E-state index in [1.54, 1.807) is 6.08 Å². The topological polar surface area (TPSA) is 50.2 Å². The molecule has 2 unspecified atom stereocenters. The molecule has 1 aromatic heterocycles. The number of halogens is 6. The van der Waals surface area contributed by atoms with Crippen LogP contribution in [0.2, 0.25) is 0 Å². The number of aromatic nitrogens is 2. The Morgan fingerprint density at radius 3 is 2.47 bits per heavy atom. The van der Waals surface area contributed by atoms with Gasteiger partial charge in [0.05, 0.1) is 15.6 Å². The van der Waals surface area contributed by atoms with Crippen LogP contribution >= 0.6 is 27.7 Å². The predicted molar refractivity (Wildman–Crippen MR) is 134 cm³/mol. The average molecular weight is 587 g/mol. The molecular formula is C24H20BrF5N4OS. The van der Waals surface area contributed by atoms with E-state index in [2.05, 4.69) is 26.2 Å². The van der Waals surface area contributed by atoms with Crippen LogP contribution in [0.1, 0.15) is 19.4 Å². The van der Waals surface area contributed by atoms with Crippen molar-refractivity contribution in [3.8, 4) is 11.1 Å². The van der Waals surface area contributed by atoms with Crippen molar-refractivity contribution in [1.82, 2.24) is 14.9 Å². The molecular weight excluding hydrogens is 567 g/mol. The van der Waals surface area contributed by atoms with Gasteiger partial charge < -0.3 is 10.2 Å². The lowest BCUT2D eigenvalue weighted by Gasteiger charge is -2.37. The SMILES string of the molecule is CC1CN(c2nc(=O)n3c4c(c(-c5cc(Br)c(F)cc5F)c(C(F)(F)F)cc24)SCC=C3)CC(C)N1. The molecule has 1 N–H and O–H groups in total. The van der Waals surface area contributed by atoms with Crippen molar-refractivity contribution in [2.45, 2.75) is 37.0 Å². The van der Waals surface area contributed by atoms with Gasteiger partial charge in [-0.2, -0.15) is 18.2 Å². The number of anilines is 1. The predicted octanol–water partition coefficient (Wildman–Crippen LogP) is 5.89. The van der Waals surface area contributed by atoms with E-state index in [4.69, 9.17) is 0 Å². The van der Waals surface area contributed by atoms with E-state index in [1.807, 2.05) is 18.7 Å². The lowest BCUT2D eigenvalue weighted by atomic mass is 9.95. The van der Waals surface area contributed by atoms with Crippen LogP contribution in [0.4, 0.5) is 27.8 Å². The summed E-state index contributed by atoms with van der Waals surface area (Å²) < 4.78 is 73.6. The van der Waals surface area contributed by atoms with Crippen LogP contribution in [0.15, 0.2) is 38.4 Å². The number of nitrogens with one attached hydrogen (secondary N) is 1. The van der Waals surface area contributed by atoms with Gasteiger partial charge in [0, 0.05) is 64.6 Å². The van der Waals surface area contributed by atoms with Crippen LogP contribution in [0.3, 0.4) is 0 Å². The average Bonchev–Trinajstić information content (AvgIpc) is 3.01. The molecule has 2 aliphatic rings. The molecule has 2 atom stereocenters. The molecule has 190 valence electrons. The second-order valence-electron chi connectivity index (χ2n) is 8.93. The maximum Gasteiger partial charge on any atom is 0.417 e. The molecule has 3 heterocycles. The van der Waals surface area contributed by atoms with E-state index in [0.29, 0.717) is 19.2 Å². The number of nitrogens with zero attached hydrogens (tertiary/aromatic N) is 3. The fourth-order valence-electron chi connectivity index (χ4n) is 4.86. The Labute approximate surface area is 215 Å². The minimum Gasteiger partial charge on any atom is -0.353 e.